The van der Waals surface area contributed by atoms with Gasteiger partial charge in [0, 0.05) is 32.9 Å². The summed E-state index contributed by atoms with van der Waals surface area (Å²) in [5.41, 5.74) is 6.46. The molecule has 1 amide bonds. The summed E-state index contributed by atoms with van der Waals surface area (Å²) in [6.45, 7) is 9.84. The standard InChI is InChI=1S/C26H32N4O/c1-7-29(8-2)25(19(3)18-21-14-16-22(17-15-21)28(5)6)24-20(4)27-30(26(24)31)23-12-10-9-11-13-23/h9-18H,7-8H2,1-6H3/b19-18+,25-24-. The average Bonchev–Trinajstić information content (AvgIpc) is 3.06. The lowest BCUT2D eigenvalue weighted by Crippen LogP contribution is -2.29. The van der Waals surface area contributed by atoms with E-state index in [1.807, 2.05) is 51.4 Å². The molecule has 0 atom stereocenters. The number of carbonyl (C=O) groups excluding carboxylic acids is 1. The second-order valence-electron chi connectivity index (χ2n) is 7.85. The maximum atomic E-state index is 13.5. The van der Waals surface area contributed by atoms with Gasteiger partial charge in [0.05, 0.1) is 22.7 Å². The summed E-state index contributed by atoms with van der Waals surface area (Å²) in [6, 6.07) is 18.0. The first-order valence-corrected chi connectivity index (χ1v) is 10.8. The van der Waals surface area contributed by atoms with E-state index in [4.69, 9.17) is 0 Å². The molecule has 0 saturated heterocycles. The molecule has 0 fully saturated rings. The van der Waals surface area contributed by atoms with Gasteiger partial charge in [0.25, 0.3) is 5.91 Å². The van der Waals surface area contributed by atoms with E-state index in [0.717, 1.165) is 47.0 Å². The van der Waals surface area contributed by atoms with Crippen LogP contribution in [0.4, 0.5) is 11.4 Å². The van der Waals surface area contributed by atoms with Crippen molar-refractivity contribution < 1.29 is 4.79 Å². The normalized spacial score (nSPS) is 15.8. The maximum Gasteiger partial charge on any atom is 0.282 e. The Morgan fingerprint density at radius 1 is 1.00 bits per heavy atom. The largest absolute Gasteiger partial charge is 0.378 e. The molecule has 1 heterocycles. The number of rotatable bonds is 7. The highest BCUT2D eigenvalue weighted by Gasteiger charge is 2.33. The van der Waals surface area contributed by atoms with Crippen molar-refractivity contribution in [1.29, 1.82) is 0 Å². The monoisotopic (exact) mass is 416 g/mol. The van der Waals surface area contributed by atoms with Crippen molar-refractivity contribution in [1.82, 2.24) is 4.90 Å². The molecule has 3 rings (SSSR count). The SMILES string of the molecule is CCN(CC)C(=C1\C(=O)N(c2ccccc2)N=C1C)/C(C)=C/c1ccc(N(C)C)cc1. The van der Waals surface area contributed by atoms with Crippen molar-refractivity contribution in [2.75, 3.05) is 37.1 Å². The van der Waals surface area contributed by atoms with E-state index >= 15 is 0 Å². The lowest BCUT2D eigenvalue weighted by molar-refractivity contribution is -0.114. The van der Waals surface area contributed by atoms with Crippen LogP contribution in [0.3, 0.4) is 0 Å². The van der Waals surface area contributed by atoms with E-state index in [0.29, 0.717) is 5.57 Å². The minimum absolute atomic E-state index is 0.0821. The van der Waals surface area contributed by atoms with Gasteiger partial charge in [0.1, 0.15) is 0 Å². The molecule has 2 aromatic rings. The Labute approximate surface area is 186 Å². The number of hydrazone groups is 1. The number of hydrogen-bond donors (Lipinski definition) is 0. The summed E-state index contributed by atoms with van der Waals surface area (Å²) in [7, 11) is 4.07. The summed E-state index contributed by atoms with van der Waals surface area (Å²) in [5.74, 6) is -0.0821. The van der Waals surface area contributed by atoms with E-state index in [-0.39, 0.29) is 5.91 Å². The lowest BCUT2D eigenvalue weighted by atomic mass is 10.00. The first kappa shape index (κ1) is 22.3. The van der Waals surface area contributed by atoms with Gasteiger partial charge in [-0.3, -0.25) is 4.79 Å². The highest BCUT2D eigenvalue weighted by molar-refractivity contribution is 6.30. The van der Waals surface area contributed by atoms with Gasteiger partial charge < -0.3 is 9.80 Å². The highest BCUT2D eigenvalue weighted by atomic mass is 16.2. The zero-order chi connectivity index (χ0) is 22.5. The molecular formula is C26H32N4O. The Bertz CT molecular complexity index is 1010. The Morgan fingerprint density at radius 3 is 2.16 bits per heavy atom. The zero-order valence-corrected chi connectivity index (χ0v) is 19.4. The molecule has 0 spiro atoms. The van der Waals surface area contributed by atoms with Gasteiger partial charge in [0.2, 0.25) is 0 Å². The van der Waals surface area contributed by atoms with Crippen molar-refractivity contribution in [2.45, 2.75) is 27.7 Å². The van der Waals surface area contributed by atoms with Gasteiger partial charge in [-0.15, -0.1) is 0 Å². The van der Waals surface area contributed by atoms with Crippen molar-refractivity contribution in [3.05, 3.63) is 77.0 Å². The van der Waals surface area contributed by atoms with E-state index in [1.165, 1.54) is 5.01 Å². The van der Waals surface area contributed by atoms with Gasteiger partial charge >= 0.3 is 0 Å². The molecule has 0 saturated carbocycles. The molecular weight excluding hydrogens is 384 g/mol. The molecule has 0 bridgehead atoms. The third-order valence-electron chi connectivity index (χ3n) is 5.50. The number of hydrogen-bond acceptors (Lipinski definition) is 4. The van der Waals surface area contributed by atoms with Crippen LogP contribution in [-0.2, 0) is 4.79 Å². The summed E-state index contributed by atoms with van der Waals surface area (Å²) in [6.07, 6.45) is 2.14. The number of amides is 1. The van der Waals surface area contributed by atoms with Crippen LogP contribution in [0.5, 0.6) is 0 Å². The van der Waals surface area contributed by atoms with Gasteiger partial charge in [-0.05, 0) is 69.2 Å². The number of benzene rings is 2. The fourth-order valence-corrected chi connectivity index (χ4v) is 3.85. The van der Waals surface area contributed by atoms with Crippen LogP contribution in [0.25, 0.3) is 6.08 Å². The quantitative estimate of drug-likeness (QED) is 0.584. The molecule has 1 aliphatic rings. The van der Waals surface area contributed by atoms with E-state index in [1.54, 1.807) is 0 Å². The second kappa shape index (κ2) is 9.65. The smallest absolute Gasteiger partial charge is 0.282 e. The van der Waals surface area contributed by atoms with Crippen LogP contribution in [0.15, 0.2) is 76.5 Å². The third-order valence-corrected chi connectivity index (χ3v) is 5.50. The zero-order valence-electron chi connectivity index (χ0n) is 19.4. The average molecular weight is 417 g/mol. The Kier molecular flexibility index (Phi) is 6.95. The highest BCUT2D eigenvalue weighted by Crippen LogP contribution is 2.30. The molecule has 0 unspecified atom stereocenters. The van der Waals surface area contributed by atoms with E-state index in [2.05, 4.69) is 66.0 Å². The van der Waals surface area contributed by atoms with Gasteiger partial charge in [-0.2, -0.15) is 10.1 Å². The maximum absolute atomic E-state index is 13.5. The summed E-state index contributed by atoms with van der Waals surface area (Å²) >= 11 is 0. The second-order valence-corrected chi connectivity index (χ2v) is 7.85. The Balaban J connectivity index is 2.07. The molecule has 2 aromatic carbocycles. The molecule has 162 valence electrons. The molecule has 0 radical (unpaired) electrons. The molecule has 0 N–H and O–H groups in total. The minimum atomic E-state index is -0.0821. The summed E-state index contributed by atoms with van der Waals surface area (Å²) < 4.78 is 0. The fraction of sp³-hybridized carbons (Fsp3) is 0.308. The van der Waals surface area contributed by atoms with Gasteiger partial charge in [-0.25, -0.2) is 0 Å². The first-order chi connectivity index (χ1) is 14.9. The van der Waals surface area contributed by atoms with E-state index < -0.39 is 0 Å². The Morgan fingerprint density at radius 2 is 1.61 bits per heavy atom. The van der Waals surface area contributed by atoms with Crippen molar-refractivity contribution in [2.24, 2.45) is 5.10 Å². The van der Waals surface area contributed by atoms with Crippen LogP contribution in [0.2, 0.25) is 0 Å². The molecule has 5 nitrogen and oxygen atoms in total. The first-order valence-electron chi connectivity index (χ1n) is 10.8. The predicted octanol–water partition coefficient (Wildman–Crippen LogP) is 5.17. The van der Waals surface area contributed by atoms with Gasteiger partial charge in [-0.1, -0.05) is 30.3 Å². The van der Waals surface area contributed by atoms with Crippen LogP contribution >= 0.6 is 0 Å². The molecule has 0 aliphatic carbocycles. The summed E-state index contributed by atoms with van der Waals surface area (Å²) in [5, 5.41) is 6.10. The third kappa shape index (κ3) is 4.71. The molecule has 5 heteroatoms. The predicted molar refractivity (Wildman–Crippen MR) is 131 cm³/mol. The number of para-hydroxylation sites is 1. The van der Waals surface area contributed by atoms with Crippen LogP contribution in [0, 0.1) is 0 Å². The fourth-order valence-electron chi connectivity index (χ4n) is 3.85. The number of allylic oxidation sites excluding steroid dienone is 1. The number of likely N-dealkylation sites (N-methyl/N-ethyl adjacent to an activating group) is 1. The van der Waals surface area contributed by atoms with E-state index in [9.17, 15) is 4.79 Å². The minimum Gasteiger partial charge on any atom is -0.378 e. The van der Waals surface area contributed by atoms with Crippen molar-refractivity contribution in [3.63, 3.8) is 0 Å². The number of nitrogens with zero attached hydrogens (tertiary/aromatic N) is 4. The van der Waals surface area contributed by atoms with Crippen molar-refractivity contribution >= 4 is 29.1 Å². The molecule has 1 aliphatic heterocycles. The topological polar surface area (TPSA) is 39.2 Å². The lowest BCUT2D eigenvalue weighted by Gasteiger charge is -2.27. The molecule has 0 aromatic heterocycles. The Hall–Kier alpha value is -3.34. The summed E-state index contributed by atoms with van der Waals surface area (Å²) in [4.78, 5) is 17.8. The molecule has 31 heavy (non-hydrogen) atoms. The number of carbonyl (C=O) groups is 1. The van der Waals surface area contributed by atoms with Crippen LogP contribution in [-0.4, -0.2) is 43.7 Å². The van der Waals surface area contributed by atoms with Gasteiger partial charge in [0.15, 0.2) is 0 Å². The number of anilines is 2. The van der Waals surface area contributed by atoms with Crippen molar-refractivity contribution in [3.8, 4) is 0 Å². The van der Waals surface area contributed by atoms with Crippen LogP contribution < -0.4 is 9.91 Å². The van der Waals surface area contributed by atoms with Crippen LogP contribution in [0.1, 0.15) is 33.3 Å².